The SMILES string of the molecule is CCCCCCCCCCCCCCCCCC=CPC=CCCCCCCCCCCCCCCCCC. The van der Waals surface area contributed by atoms with E-state index in [9.17, 15) is 0 Å². The lowest BCUT2D eigenvalue weighted by Crippen LogP contribution is -1.83. The van der Waals surface area contributed by atoms with Crippen LogP contribution in [0.2, 0.25) is 0 Å². The summed E-state index contributed by atoms with van der Waals surface area (Å²) < 4.78 is 0. The Kier molecular flexibility index (Phi) is 37.8. The third-order valence-corrected chi connectivity index (χ3v) is 9.23. The van der Waals surface area contributed by atoms with Crippen molar-refractivity contribution in [1.82, 2.24) is 0 Å². The van der Waals surface area contributed by atoms with E-state index in [-0.39, 0.29) is 0 Å². The van der Waals surface area contributed by atoms with Gasteiger partial charge >= 0.3 is 0 Å². The van der Waals surface area contributed by atoms with Crippen LogP contribution in [0.1, 0.15) is 219 Å². The summed E-state index contributed by atoms with van der Waals surface area (Å²) >= 11 is 0. The quantitative estimate of drug-likeness (QED) is 0.0540. The Bertz CT molecular complexity index is 423. The van der Waals surface area contributed by atoms with Crippen LogP contribution in [-0.2, 0) is 0 Å². The highest BCUT2D eigenvalue weighted by Crippen LogP contribution is 2.18. The van der Waals surface area contributed by atoms with Crippen LogP contribution in [0, 0.1) is 0 Å². The zero-order valence-corrected chi connectivity index (χ0v) is 28.4. The standard InChI is InChI=1S/C38H75P/c1-3-5-7-9-11-13-15-17-19-21-23-25-27-29-31-33-35-37-39-38-36-34-32-30-28-26-24-22-20-18-16-14-12-10-8-6-4-2/h35-39H,3-34H2,1-2H3. The molecule has 1 heteroatoms. The number of allylic oxidation sites excluding steroid dienone is 2. The predicted octanol–water partition coefficient (Wildman–Crippen LogP) is 15.2. The molecule has 0 aromatic carbocycles. The molecule has 0 bridgehead atoms. The fourth-order valence-corrected chi connectivity index (χ4v) is 6.34. The number of rotatable bonds is 34. The van der Waals surface area contributed by atoms with Crippen LogP contribution < -0.4 is 0 Å². The molecule has 0 aliphatic carbocycles. The lowest BCUT2D eigenvalue weighted by Gasteiger charge is -2.03. The molecule has 0 N–H and O–H groups in total. The third kappa shape index (κ3) is 37.9. The fourth-order valence-electron chi connectivity index (χ4n) is 5.63. The summed E-state index contributed by atoms with van der Waals surface area (Å²) in [6, 6.07) is 0. The Hall–Kier alpha value is -0.0900. The molecule has 0 aliphatic rings. The first-order valence-electron chi connectivity index (χ1n) is 18.5. The van der Waals surface area contributed by atoms with Gasteiger partial charge in [0.25, 0.3) is 0 Å². The summed E-state index contributed by atoms with van der Waals surface area (Å²) in [7, 11) is 0.893. The highest BCUT2D eigenvalue weighted by atomic mass is 31.1. The van der Waals surface area contributed by atoms with Gasteiger partial charge in [0.15, 0.2) is 0 Å². The summed E-state index contributed by atoms with van der Waals surface area (Å²) in [5.41, 5.74) is 0. The van der Waals surface area contributed by atoms with E-state index in [1.165, 1.54) is 205 Å². The van der Waals surface area contributed by atoms with Gasteiger partial charge < -0.3 is 0 Å². The van der Waals surface area contributed by atoms with Crippen LogP contribution in [0.4, 0.5) is 0 Å². The second-order valence-corrected chi connectivity index (χ2v) is 13.4. The minimum Gasteiger partial charge on any atom is -0.0840 e. The molecule has 0 aromatic heterocycles. The van der Waals surface area contributed by atoms with Crippen molar-refractivity contribution in [3.63, 3.8) is 0 Å². The minimum absolute atomic E-state index is 0.893. The van der Waals surface area contributed by atoms with Gasteiger partial charge in [-0.2, -0.15) is 0 Å². The molecule has 0 saturated heterocycles. The van der Waals surface area contributed by atoms with E-state index in [0.29, 0.717) is 0 Å². The highest BCUT2D eigenvalue weighted by Gasteiger charge is 1.95. The number of unbranched alkanes of at least 4 members (excludes halogenated alkanes) is 30. The molecule has 0 unspecified atom stereocenters. The van der Waals surface area contributed by atoms with Crippen molar-refractivity contribution >= 4 is 8.58 Å². The Balaban J connectivity index is 3.14. The summed E-state index contributed by atoms with van der Waals surface area (Å²) in [5.74, 6) is 4.82. The van der Waals surface area contributed by atoms with E-state index in [1.807, 2.05) is 0 Å². The molecule has 0 spiro atoms. The topological polar surface area (TPSA) is 0 Å². The van der Waals surface area contributed by atoms with Gasteiger partial charge in [0, 0.05) is 0 Å². The van der Waals surface area contributed by atoms with E-state index in [0.717, 1.165) is 8.58 Å². The van der Waals surface area contributed by atoms with Crippen LogP contribution in [0.3, 0.4) is 0 Å². The van der Waals surface area contributed by atoms with Gasteiger partial charge in [0.2, 0.25) is 0 Å². The molecule has 0 radical (unpaired) electrons. The highest BCUT2D eigenvalue weighted by molar-refractivity contribution is 7.45. The molecular weight excluding hydrogens is 487 g/mol. The number of hydrogen-bond donors (Lipinski definition) is 0. The van der Waals surface area contributed by atoms with E-state index in [4.69, 9.17) is 0 Å². The van der Waals surface area contributed by atoms with Gasteiger partial charge in [-0.05, 0) is 25.7 Å². The first kappa shape index (κ1) is 38.9. The molecule has 0 amide bonds. The van der Waals surface area contributed by atoms with Gasteiger partial charge in [0.1, 0.15) is 0 Å². The maximum atomic E-state index is 2.43. The molecule has 0 aromatic rings. The molecule has 0 rings (SSSR count). The van der Waals surface area contributed by atoms with E-state index >= 15 is 0 Å². The molecule has 0 saturated carbocycles. The molecular formula is C38H75P. The first-order chi connectivity index (χ1) is 19.4. The first-order valence-corrected chi connectivity index (χ1v) is 19.6. The monoisotopic (exact) mass is 563 g/mol. The van der Waals surface area contributed by atoms with Crippen molar-refractivity contribution in [1.29, 1.82) is 0 Å². The summed E-state index contributed by atoms with van der Waals surface area (Å²) in [4.78, 5) is 0. The predicted molar refractivity (Wildman–Crippen MR) is 186 cm³/mol. The van der Waals surface area contributed by atoms with Crippen molar-refractivity contribution < 1.29 is 0 Å². The Labute approximate surface area is 251 Å². The molecule has 0 heterocycles. The van der Waals surface area contributed by atoms with Gasteiger partial charge in [-0.15, -0.1) is 0 Å². The third-order valence-electron chi connectivity index (χ3n) is 8.38. The summed E-state index contributed by atoms with van der Waals surface area (Å²) in [6.45, 7) is 4.61. The van der Waals surface area contributed by atoms with E-state index in [1.54, 1.807) is 0 Å². The summed E-state index contributed by atoms with van der Waals surface area (Å²) in [6.07, 6.45) is 51.1. The van der Waals surface area contributed by atoms with Crippen molar-refractivity contribution in [3.05, 3.63) is 23.8 Å². The molecule has 0 nitrogen and oxygen atoms in total. The zero-order valence-electron chi connectivity index (χ0n) is 27.4. The van der Waals surface area contributed by atoms with Crippen molar-refractivity contribution in [2.45, 2.75) is 219 Å². The zero-order chi connectivity index (χ0) is 28.2. The maximum absolute atomic E-state index is 2.43. The maximum Gasteiger partial charge on any atom is -0.0347 e. The molecule has 232 valence electrons. The molecule has 0 fully saturated rings. The van der Waals surface area contributed by atoms with E-state index in [2.05, 4.69) is 37.6 Å². The summed E-state index contributed by atoms with van der Waals surface area (Å²) in [5, 5.41) is 0. The second-order valence-electron chi connectivity index (χ2n) is 12.4. The van der Waals surface area contributed by atoms with Crippen molar-refractivity contribution in [2.24, 2.45) is 0 Å². The van der Waals surface area contributed by atoms with Crippen LogP contribution in [0.15, 0.2) is 23.8 Å². The smallest absolute Gasteiger partial charge is 0.0347 e. The van der Waals surface area contributed by atoms with Crippen molar-refractivity contribution in [2.75, 3.05) is 0 Å². The number of hydrogen-bond acceptors (Lipinski definition) is 0. The van der Waals surface area contributed by atoms with Gasteiger partial charge in [-0.3, -0.25) is 0 Å². The van der Waals surface area contributed by atoms with Crippen LogP contribution in [-0.4, -0.2) is 0 Å². The minimum atomic E-state index is 0.893. The fraction of sp³-hybridized carbons (Fsp3) is 0.895. The van der Waals surface area contributed by atoms with Gasteiger partial charge in [0.05, 0.1) is 0 Å². The lowest BCUT2D eigenvalue weighted by molar-refractivity contribution is 0.533. The van der Waals surface area contributed by atoms with Crippen LogP contribution in [0.5, 0.6) is 0 Å². The van der Waals surface area contributed by atoms with E-state index < -0.39 is 0 Å². The van der Waals surface area contributed by atoms with Crippen LogP contribution >= 0.6 is 8.58 Å². The average Bonchev–Trinajstić information content (AvgIpc) is 2.95. The Morgan fingerprint density at radius 3 is 0.718 bits per heavy atom. The Morgan fingerprint density at radius 2 is 0.487 bits per heavy atom. The lowest BCUT2D eigenvalue weighted by atomic mass is 10.0. The van der Waals surface area contributed by atoms with Crippen molar-refractivity contribution in [3.8, 4) is 0 Å². The average molecular weight is 563 g/mol. The molecule has 0 aliphatic heterocycles. The second kappa shape index (κ2) is 37.9. The molecule has 39 heavy (non-hydrogen) atoms. The van der Waals surface area contributed by atoms with Gasteiger partial charge in [-0.25, -0.2) is 0 Å². The Morgan fingerprint density at radius 1 is 0.282 bits per heavy atom. The van der Waals surface area contributed by atoms with Gasteiger partial charge in [-0.1, -0.05) is 226 Å². The largest absolute Gasteiger partial charge is 0.0840 e. The molecule has 0 atom stereocenters. The van der Waals surface area contributed by atoms with Crippen LogP contribution in [0.25, 0.3) is 0 Å². The normalized spacial score (nSPS) is 12.3.